The highest BCUT2D eigenvalue weighted by Crippen LogP contribution is 2.16. The first-order valence-corrected chi connectivity index (χ1v) is 7.56. The first-order valence-electron chi connectivity index (χ1n) is 7.56. The zero-order valence-corrected chi connectivity index (χ0v) is 14.6. The Morgan fingerprint density at radius 1 is 1.23 bits per heavy atom. The minimum Gasteiger partial charge on any atom is -0.381 e. The van der Waals surface area contributed by atoms with Crippen molar-refractivity contribution in [3.63, 3.8) is 0 Å². The number of hydrogen-bond donors (Lipinski definition) is 2. The second-order valence-electron chi connectivity index (χ2n) is 6.34. The van der Waals surface area contributed by atoms with Crippen LogP contribution in [0.15, 0.2) is 30.3 Å². The van der Waals surface area contributed by atoms with Gasteiger partial charge in [-0.25, -0.2) is 0 Å². The van der Waals surface area contributed by atoms with Gasteiger partial charge in [-0.15, -0.1) is 12.4 Å². The van der Waals surface area contributed by atoms with Gasteiger partial charge in [0.25, 0.3) is 0 Å². The molecule has 3 N–H and O–H groups in total. The second kappa shape index (κ2) is 10.6. The maximum atomic E-state index is 11.8. The Bertz CT molecular complexity index is 418. The molecule has 0 radical (unpaired) electrons. The van der Waals surface area contributed by atoms with Crippen LogP contribution in [-0.4, -0.2) is 31.7 Å². The number of benzene rings is 1. The number of rotatable bonds is 8. The molecule has 0 aliphatic carbocycles. The van der Waals surface area contributed by atoms with Gasteiger partial charge in [-0.3, -0.25) is 4.79 Å². The summed E-state index contributed by atoms with van der Waals surface area (Å²) >= 11 is 0. The summed E-state index contributed by atoms with van der Waals surface area (Å²) in [6, 6.07) is 9.79. The fraction of sp³-hybridized carbons (Fsp3) is 0.588. The van der Waals surface area contributed by atoms with Gasteiger partial charge in [0.1, 0.15) is 0 Å². The highest BCUT2D eigenvalue weighted by atomic mass is 35.5. The minimum atomic E-state index is -0.475. The van der Waals surface area contributed by atoms with Crippen LogP contribution in [0.25, 0.3) is 0 Å². The van der Waals surface area contributed by atoms with Crippen LogP contribution in [0.4, 0.5) is 0 Å². The molecule has 4 nitrogen and oxygen atoms in total. The number of nitrogens with one attached hydrogen (secondary N) is 1. The van der Waals surface area contributed by atoms with E-state index in [2.05, 4.69) is 17.4 Å². The number of nitrogens with two attached hydrogens (primary N) is 1. The Balaban J connectivity index is 0.00000441. The molecule has 0 spiro atoms. The SMILES string of the molecule is CC(C)(C)[C@H](N)C(=O)NCCCOCCc1ccccc1.Cl. The van der Waals surface area contributed by atoms with E-state index in [-0.39, 0.29) is 23.7 Å². The highest BCUT2D eigenvalue weighted by molar-refractivity contribution is 5.85. The van der Waals surface area contributed by atoms with Crippen LogP contribution in [0.3, 0.4) is 0 Å². The predicted octanol–water partition coefficient (Wildman–Crippen LogP) is 2.55. The normalized spacial score (nSPS) is 12.4. The molecular weight excluding hydrogens is 300 g/mol. The zero-order valence-electron chi connectivity index (χ0n) is 13.8. The standard InChI is InChI=1S/C17H28N2O2.ClH/c1-17(2,3)15(18)16(20)19-11-7-12-21-13-10-14-8-5-4-6-9-14;/h4-6,8-9,15H,7,10-13,18H2,1-3H3,(H,19,20);1H/t15-;/m1./s1. The third-order valence-corrected chi connectivity index (χ3v) is 3.36. The monoisotopic (exact) mass is 328 g/mol. The molecule has 0 bridgehead atoms. The van der Waals surface area contributed by atoms with E-state index in [9.17, 15) is 4.79 Å². The average Bonchev–Trinajstić information content (AvgIpc) is 2.45. The second-order valence-corrected chi connectivity index (χ2v) is 6.34. The summed E-state index contributed by atoms with van der Waals surface area (Å²) in [7, 11) is 0. The van der Waals surface area contributed by atoms with E-state index in [0.29, 0.717) is 19.8 Å². The molecule has 1 amide bonds. The first-order chi connectivity index (χ1) is 9.91. The van der Waals surface area contributed by atoms with Gasteiger partial charge in [0, 0.05) is 13.2 Å². The van der Waals surface area contributed by atoms with Crippen molar-refractivity contribution in [2.45, 2.75) is 39.7 Å². The van der Waals surface area contributed by atoms with Gasteiger partial charge in [-0.2, -0.15) is 0 Å². The molecule has 22 heavy (non-hydrogen) atoms. The Hall–Kier alpha value is -1.10. The van der Waals surface area contributed by atoms with Gasteiger partial charge in [0.2, 0.25) is 5.91 Å². The van der Waals surface area contributed by atoms with E-state index in [1.165, 1.54) is 5.56 Å². The molecule has 0 aliphatic rings. The summed E-state index contributed by atoms with van der Waals surface area (Å²) in [6.45, 7) is 7.85. The summed E-state index contributed by atoms with van der Waals surface area (Å²) in [5.41, 5.74) is 6.95. The van der Waals surface area contributed by atoms with Crippen LogP contribution >= 0.6 is 12.4 Å². The molecule has 0 saturated carbocycles. The first kappa shape index (κ1) is 20.9. The van der Waals surface area contributed by atoms with Crippen molar-refractivity contribution in [3.8, 4) is 0 Å². The number of carbonyl (C=O) groups is 1. The van der Waals surface area contributed by atoms with Crippen molar-refractivity contribution >= 4 is 18.3 Å². The molecule has 5 heteroatoms. The van der Waals surface area contributed by atoms with Gasteiger partial charge in [-0.05, 0) is 23.8 Å². The lowest BCUT2D eigenvalue weighted by atomic mass is 9.87. The molecule has 0 saturated heterocycles. The Kier molecular flexibility index (Phi) is 10.1. The van der Waals surface area contributed by atoms with Crippen LogP contribution < -0.4 is 11.1 Å². The van der Waals surface area contributed by atoms with Gasteiger partial charge < -0.3 is 15.8 Å². The maximum Gasteiger partial charge on any atom is 0.237 e. The van der Waals surface area contributed by atoms with Crippen molar-refractivity contribution < 1.29 is 9.53 Å². The fourth-order valence-corrected chi connectivity index (χ4v) is 1.83. The van der Waals surface area contributed by atoms with Crippen LogP contribution in [0.1, 0.15) is 32.8 Å². The lowest BCUT2D eigenvalue weighted by Gasteiger charge is -2.25. The number of halogens is 1. The third-order valence-electron chi connectivity index (χ3n) is 3.36. The van der Waals surface area contributed by atoms with E-state index in [1.54, 1.807) is 0 Å². The lowest BCUT2D eigenvalue weighted by Crippen LogP contribution is -2.48. The molecule has 0 aromatic heterocycles. The quantitative estimate of drug-likeness (QED) is 0.721. The van der Waals surface area contributed by atoms with E-state index < -0.39 is 6.04 Å². The number of amides is 1. The van der Waals surface area contributed by atoms with Gasteiger partial charge in [-0.1, -0.05) is 51.1 Å². The summed E-state index contributed by atoms with van der Waals surface area (Å²) in [6.07, 6.45) is 1.72. The van der Waals surface area contributed by atoms with Crippen LogP contribution in [0, 0.1) is 5.41 Å². The molecule has 0 unspecified atom stereocenters. The number of hydrogen-bond acceptors (Lipinski definition) is 3. The molecule has 1 atom stereocenters. The zero-order chi connectivity index (χ0) is 15.7. The smallest absolute Gasteiger partial charge is 0.237 e. The Morgan fingerprint density at radius 3 is 2.45 bits per heavy atom. The molecule has 1 aromatic rings. The van der Waals surface area contributed by atoms with E-state index in [0.717, 1.165) is 12.8 Å². The molecule has 0 heterocycles. The molecule has 1 rings (SSSR count). The van der Waals surface area contributed by atoms with Crippen molar-refractivity contribution in [1.29, 1.82) is 0 Å². The summed E-state index contributed by atoms with van der Waals surface area (Å²) in [5.74, 6) is -0.0909. The van der Waals surface area contributed by atoms with E-state index >= 15 is 0 Å². The van der Waals surface area contributed by atoms with Crippen LogP contribution in [0.2, 0.25) is 0 Å². The van der Waals surface area contributed by atoms with Gasteiger partial charge in [0.05, 0.1) is 12.6 Å². The molecule has 126 valence electrons. The van der Waals surface area contributed by atoms with Crippen molar-refractivity contribution in [2.24, 2.45) is 11.1 Å². The molecular formula is C17H29ClN2O2. The Morgan fingerprint density at radius 2 is 1.86 bits per heavy atom. The van der Waals surface area contributed by atoms with Crippen LogP contribution in [-0.2, 0) is 16.0 Å². The summed E-state index contributed by atoms with van der Waals surface area (Å²) < 4.78 is 5.56. The molecule has 0 fully saturated rings. The van der Waals surface area contributed by atoms with E-state index in [4.69, 9.17) is 10.5 Å². The maximum absolute atomic E-state index is 11.8. The van der Waals surface area contributed by atoms with Crippen molar-refractivity contribution in [1.82, 2.24) is 5.32 Å². The Labute approximate surface area is 140 Å². The number of carbonyl (C=O) groups excluding carboxylic acids is 1. The fourth-order valence-electron chi connectivity index (χ4n) is 1.83. The largest absolute Gasteiger partial charge is 0.381 e. The number of ether oxygens (including phenoxy) is 1. The summed E-state index contributed by atoms with van der Waals surface area (Å²) in [5, 5.41) is 2.85. The topological polar surface area (TPSA) is 64.4 Å². The predicted molar refractivity (Wildman–Crippen MR) is 93.3 cm³/mol. The molecule has 0 aliphatic heterocycles. The minimum absolute atomic E-state index is 0. The van der Waals surface area contributed by atoms with E-state index in [1.807, 2.05) is 39.0 Å². The lowest BCUT2D eigenvalue weighted by molar-refractivity contribution is -0.124. The van der Waals surface area contributed by atoms with Crippen molar-refractivity contribution in [2.75, 3.05) is 19.8 Å². The van der Waals surface area contributed by atoms with Gasteiger partial charge >= 0.3 is 0 Å². The summed E-state index contributed by atoms with van der Waals surface area (Å²) in [4.78, 5) is 11.8. The average molecular weight is 329 g/mol. The van der Waals surface area contributed by atoms with Crippen molar-refractivity contribution in [3.05, 3.63) is 35.9 Å². The van der Waals surface area contributed by atoms with Gasteiger partial charge in [0.15, 0.2) is 0 Å². The third kappa shape index (κ3) is 8.37. The molecule has 1 aromatic carbocycles. The van der Waals surface area contributed by atoms with Crippen LogP contribution in [0.5, 0.6) is 0 Å². The highest BCUT2D eigenvalue weighted by Gasteiger charge is 2.26.